The molecule has 10 nitrogen and oxygen atoms in total. The lowest BCUT2D eigenvalue weighted by molar-refractivity contribution is -0.164. The minimum absolute atomic E-state index is 0.101. The number of β-lactam (4-membered cyclic amide) rings is 1. The zero-order chi connectivity index (χ0) is 20.6. The van der Waals surface area contributed by atoms with Crippen LogP contribution in [0.15, 0.2) is 24.3 Å². The van der Waals surface area contributed by atoms with Crippen molar-refractivity contribution in [3.05, 3.63) is 35.7 Å². The van der Waals surface area contributed by atoms with Gasteiger partial charge in [0.1, 0.15) is 29.2 Å². The van der Waals surface area contributed by atoms with Gasteiger partial charge in [-0.05, 0) is 29.8 Å². The van der Waals surface area contributed by atoms with E-state index in [9.17, 15) is 9.59 Å². The summed E-state index contributed by atoms with van der Waals surface area (Å²) in [4.78, 5) is 28.4. The molecule has 0 saturated carbocycles. The topological polar surface area (TPSA) is 125 Å². The molecule has 2 aliphatic heterocycles. The van der Waals surface area contributed by atoms with Crippen molar-refractivity contribution in [2.45, 2.75) is 31.5 Å². The average Bonchev–Trinajstić information content (AvgIpc) is 3.15. The maximum absolute atomic E-state index is 13.2. The van der Waals surface area contributed by atoms with E-state index in [0.717, 1.165) is 11.3 Å². The highest BCUT2D eigenvalue weighted by Crippen LogP contribution is 2.42. The smallest absolute Gasteiger partial charge is 0.317 e. The fourth-order valence-electron chi connectivity index (χ4n) is 3.50. The van der Waals surface area contributed by atoms with Crippen LogP contribution in [0.3, 0.4) is 0 Å². The third-order valence-electron chi connectivity index (χ3n) is 5.14. The molecule has 2 unspecified atom stereocenters. The van der Waals surface area contributed by atoms with Gasteiger partial charge in [-0.1, -0.05) is 12.1 Å². The number of carbonyl (C=O) groups is 2. The molecule has 1 amide bonds. The average molecular weight is 418 g/mol. The number of fused-ring (bicyclic) bond motifs is 1. The molecule has 2 N–H and O–H groups in total. The lowest BCUT2D eigenvalue weighted by Crippen LogP contribution is -2.72. The predicted molar refractivity (Wildman–Crippen MR) is 104 cm³/mol. The number of ether oxygens (including phenoxy) is 2. The van der Waals surface area contributed by atoms with Gasteiger partial charge in [-0.25, -0.2) is 0 Å². The van der Waals surface area contributed by atoms with Crippen molar-refractivity contribution in [3.63, 3.8) is 0 Å². The number of benzene rings is 1. The number of nitrogens with two attached hydrogens (primary N) is 1. The highest BCUT2D eigenvalue weighted by atomic mass is 32.2. The number of hydrogen-bond acceptors (Lipinski definition) is 9. The highest BCUT2D eigenvalue weighted by molar-refractivity contribution is 8.00. The van der Waals surface area contributed by atoms with Gasteiger partial charge in [0.15, 0.2) is 5.82 Å². The molecule has 2 aromatic rings. The molecule has 0 spiro atoms. The zero-order valence-corrected chi connectivity index (χ0v) is 17.0. The van der Waals surface area contributed by atoms with Crippen molar-refractivity contribution >= 4 is 23.6 Å². The van der Waals surface area contributed by atoms with Crippen LogP contribution in [0, 0.1) is 12.3 Å². The number of carbonyl (C=O) groups excluding carboxylic acids is 2. The number of esters is 1. The van der Waals surface area contributed by atoms with E-state index in [2.05, 4.69) is 15.4 Å². The number of rotatable bonds is 6. The van der Waals surface area contributed by atoms with Crippen molar-refractivity contribution in [1.82, 2.24) is 25.1 Å². The lowest BCUT2D eigenvalue weighted by atomic mass is 9.87. The van der Waals surface area contributed by atoms with Gasteiger partial charge in [-0.3, -0.25) is 9.59 Å². The Hall–Kier alpha value is -2.66. The molecular formula is C18H22N6O4S. The largest absolute Gasteiger partial charge is 0.497 e. The van der Waals surface area contributed by atoms with E-state index in [1.807, 2.05) is 24.3 Å². The monoisotopic (exact) mass is 418 g/mol. The van der Waals surface area contributed by atoms with Crippen LogP contribution in [0.1, 0.15) is 11.4 Å². The standard InChI is InChI=1S/C18H22N6O4S/c1-11-20-22-24(21-11)9-18(8-23-15(25)14(19)16(23)29-10-18)17(26)28-7-12-3-5-13(27-2)6-4-12/h3-6,14,16H,7-10,19H2,1-2H3/t14?,16-,18?/m1/s1. The molecule has 3 heterocycles. The Kier molecular flexibility index (Phi) is 5.17. The number of hydrogen-bond donors (Lipinski definition) is 1. The van der Waals surface area contributed by atoms with Crippen LogP contribution in [0.4, 0.5) is 0 Å². The van der Waals surface area contributed by atoms with E-state index in [1.54, 1.807) is 18.9 Å². The van der Waals surface area contributed by atoms with E-state index in [4.69, 9.17) is 15.2 Å². The van der Waals surface area contributed by atoms with E-state index in [1.165, 1.54) is 16.6 Å². The Morgan fingerprint density at radius 2 is 2.14 bits per heavy atom. The summed E-state index contributed by atoms with van der Waals surface area (Å²) >= 11 is 1.49. The second-order valence-electron chi connectivity index (χ2n) is 7.27. The number of aryl methyl sites for hydroxylation is 1. The summed E-state index contributed by atoms with van der Waals surface area (Å²) in [6.07, 6.45) is 0. The Bertz CT molecular complexity index is 919. The minimum Gasteiger partial charge on any atom is -0.497 e. The molecule has 1 aromatic carbocycles. The van der Waals surface area contributed by atoms with Crippen LogP contribution in [0.2, 0.25) is 0 Å². The third-order valence-corrected chi connectivity index (χ3v) is 6.75. The molecule has 154 valence electrons. The van der Waals surface area contributed by atoms with E-state index < -0.39 is 17.4 Å². The van der Waals surface area contributed by atoms with Crippen molar-refractivity contribution in [2.24, 2.45) is 11.1 Å². The van der Waals surface area contributed by atoms with Crippen LogP contribution in [-0.4, -0.2) is 67.8 Å². The molecule has 3 atom stereocenters. The van der Waals surface area contributed by atoms with E-state index in [0.29, 0.717) is 11.6 Å². The minimum atomic E-state index is -0.976. The molecule has 2 aliphatic rings. The summed E-state index contributed by atoms with van der Waals surface area (Å²) in [6.45, 7) is 2.24. The summed E-state index contributed by atoms with van der Waals surface area (Å²) in [6, 6.07) is 6.78. The zero-order valence-electron chi connectivity index (χ0n) is 16.1. The first-order chi connectivity index (χ1) is 13.9. The van der Waals surface area contributed by atoms with Gasteiger partial charge >= 0.3 is 5.97 Å². The number of tetrazole rings is 1. The number of methoxy groups -OCH3 is 1. The summed E-state index contributed by atoms with van der Waals surface area (Å²) in [5.74, 6) is 1.14. The molecule has 0 bridgehead atoms. The first kappa shape index (κ1) is 19.6. The molecule has 0 radical (unpaired) electrons. The Labute approximate surface area is 171 Å². The SMILES string of the molecule is COc1ccc(COC(=O)C2(Cn3nnc(C)n3)CS[C@@H]3C(N)C(=O)N3C2)cc1. The fraction of sp³-hybridized carbons (Fsp3) is 0.500. The molecule has 4 rings (SSSR count). The number of nitrogens with zero attached hydrogens (tertiary/aromatic N) is 5. The van der Waals surface area contributed by atoms with E-state index >= 15 is 0 Å². The number of amides is 1. The molecular weight excluding hydrogens is 396 g/mol. The van der Waals surface area contributed by atoms with Crippen LogP contribution in [-0.2, 0) is 27.5 Å². The van der Waals surface area contributed by atoms with E-state index in [-0.39, 0.29) is 31.0 Å². The maximum Gasteiger partial charge on any atom is 0.317 e. The summed E-state index contributed by atoms with van der Waals surface area (Å²) in [5, 5.41) is 12.0. The first-order valence-electron chi connectivity index (χ1n) is 9.14. The summed E-state index contributed by atoms with van der Waals surface area (Å²) in [7, 11) is 1.59. The second-order valence-corrected chi connectivity index (χ2v) is 8.37. The predicted octanol–water partition coefficient (Wildman–Crippen LogP) is -0.0377. The van der Waals surface area contributed by atoms with Crippen LogP contribution in [0.25, 0.3) is 0 Å². The van der Waals surface area contributed by atoms with Crippen LogP contribution < -0.4 is 10.5 Å². The quantitative estimate of drug-likeness (QED) is 0.508. The van der Waals surface area contributed by atoms with Gasteiger partial charge in [0.25, 0.3) is 0 Å². The van der Waals surface area contributed by atoms with Gasteiger partial charge in [-0.2, -0.15) is 4.80 Å². The third kappa shape index (κ3) is 3.67. The van der Waals surface area contributed by atoms with Crippen LogP contribution in [0.5, 0.6) is 5.75 Å². The van der Waals surface area contributed by atoms with Gasteiger partial charge in [0.2, 0.25) is 5.91 Å². The maximum atomic E-state index is 13.2. The Balaban J connectivity index is 1.51. The molecule has 0 aliphatic carbocycles. The lowest BCUT2D eigenvalue weighted by Gasteiger charge is -2.52. The molecule has 2 saturated heterocycles. The van der Waals surface area contributed by atoms with Crippen molar-refractivity contribution in [1.29, 1.82) is 0 Å². The van der Waals surface area contributed by atoms with Gasteiger partial charge in [0.05, 0.1) is 13.7 Å². The molecule has 29 heavy (non-hydrogen) atoms. The normalized spacial score (nSPS) is 25.9. The Morgan fingerprint density at radius 1 is 1.38 bits per heavy atom. The molecule has 11 heteroatoms. The molecule has 2 fully saturated rings. The van der Waals surface area contributed by atoms with Crippen molar-refractivity contribution in [3.8, 4) is 5.75 Å². The van der Waals surface area contributed by atoms with Crippen molar-refractivity contribution < 1.29 is 19.1 Å². The number of thioether (sulfide) groups is 1. The molecule has 1 aromatic heterocycles. The van der Waals surface area contributed by atoms with Crippen molar-refractivity contribution in [2.75, 3.05) is 19.4 Å². The Morgan fingerprint density at radius 3 is 2.79 bits per heavy atom. The fourth-order valence-corrected chi connectivity index (χ4v) is 4.97. The highest BCUT2D eigenvalue weighted by Gasteiger charge is 2.56. The van der Waals surface area contributed by atoms with Crippen LogP contribution >= 0.6 is 11.8 Å². The first-order valence-corrected chi connectivity index (χ1v) is 10.2. The van der Waals surface area contributed by atoms with Gasteiger partial charge < -0.3 is 20.1 Å². The summed E-state index contributed by atoms with van der Waals surface area (Å²) in [5.41, 5.74) is 5.74. The second kappa shape index (κ2) is 7.64. The van der Waals surface area contributed by atoms with Gasteiger partial charge in [0, 0.05) is 12.3 Å². The van der Waals surface area contributed by atoms with Gasteiger partial charge in [-0.15, -0.1) is 22.0 Å². The summed E-state index contributed by atoms with van der Waals surface area (Å²) < 4.78 is 10.8. The number of aromatic nitrogens is 4.